The second-order valence-electron chi connectivity index (χ2n) is 4.03. The predicted molar refractivity (Wildman–Crippen MR) is 70.3 cm³/mol. The van der Waals surface area contributed by atoms with Crippen LogP contribution in [0, 0.1) is 0 Å². The van der Waals surface area contributed by atoms with Gasteiger partial charge in [0, 0.05) is 17.1 Å². The molecule has 2 heterocycles. The summed E-state index contributed by atoms with van der Waals surface area (Å²) in [7, 11) is 1.66. The number of nitrogens with two attached hydrogens (primary N) is 1. The van der Waals surface area contributed by atoms with Crippen molar-refractivity contribution in [2.75, 3.05) is 7.11 Å². The van der Waals surface area contributed by atoms with Crippen LogP contribution in [0.4, 0.5) is 0 Å². The minimum Gasteiger partial charge on any atom is -0.495 e. The molecule has 0 aliphatic rings. The van der Waals surface area contributed by atoms with Crippen molar-refractivity contribution < 1.29 is 4.74 Å². The van der Waals surface area contributed by atoms with Crippen LogP contribution in [-0.2, 0) is 6.54 Å². The molecule has 0 amide bonds. The Morgan fingerprint density at radius 2 is 2.28 bits per heavy atom. The Balaban J connectivity index is 2.18. The van der Waals surface area contributed by atoms with E-state index in [1.807, 2.05) is 24.4 Å². The average Bonchev–Trinajstić information content (AvgIpc) is 3.03. The maximum Gasteiger partial charge on any atom is 0.142 e. The molecule has 0 atom stereocenters. The maximum absolute atomic E-state index is 5.55. The van der Waals surface area contributed by atoms with Gasteiger partial charge in [0.25, 0.3) is 0 Å². The lowest BCUT2D eigenvalue weighted by atomic mass is 10.1. The maximum atomic E-state index is 5.55. The number of imidazole rings is 1. The minimum atomic E-state index is 0.408. The zero-order valence-electron chi connectivity index (χ0n) is 10.0. The summed E-state index contributed by atoms with van der Waals surface area (Å²) in [4.78, 5) is 10.6. The van der Waals surface area contributed by atoms with E-state index in [1.165, 1.54) is 0 Å². The third-order valence-electron chi connectivity index (χ3n) is 3.01. The number of nitrogens with zero attached hydrogens (tertiary/aromatic N) is 1. The largest absolute Gasteiger partial charge is 0.495 e. The Morgan fingerprint density at radius 3 is 3.00 bits per heavy atom. The van der Waals surface area contributed by atoms with E-state index in [-0.39, 0.29) is 0 Å². The summed E-state index contributed by atoms with van der Waals surface area (Å²) in [6.45, 7) is 0.408. The third kappa shape index (κ3) is 1.56. The molecule has 18 heavy (non-hydrogen) atoms. The molecule has 1 aromatic carbocycles. The van der Waals surface area contributed by atoms with Crippen LogP contribution >= 0.6 is 0 Å². The first-order chi connectivity index (χ1) is 8.83. The number of ether oxygens (including phenoxy) is 1. The molecule has 5 nitrogen and oxygen atoms in total. The standard InChI is InChI=1S/C13H14N4O/c1-18-11-4-2-3-8-9(6-16-13(8)11)10-7-15-12(5-14)17-10/h2-4,6-7,16H,5,14H2,1H3,(H,15,17). The van der Waals surface area contributed by atoms with Crippen LogP contribution in [0.1, 0.15) is 5.82 Å². The van der Waals surface area contributed by atoms with Gasteiger partial charge in [0.2, 0.25) is 0 Å². The molecular formula is C13H14N4O. The topological polar surface area (TPSA) is 79.7 Å². The SMILES string of the molecule is COc1cccc2c(-c3cnc(CN)[nH]3)c[nH]c12. The average molecular weight is 242 g/mol. The van der Waals surface area contributed by atoms with Crippen molar-refractivity contribution in [2.45, 2.75) is 6.54 Å². The normalized spacial score (nSPS) is 11.0. The highest BCUT2D eigenvalue weighted by Crippen LogP contribution is 2.32. The summed E-state index contributed by atoms with van der Waals surface area (Å²) >= 11 is 0. The van der Waals surface area contributed by atoms with Gasteiger partial charge in [0.15, 0.2) is 0 Å². The van der Waals surface area contributed by atoms with Gasteiger partial charge < -0.3 is 20.4 Å². The first-order valence-corrected chi connectivity index (χ1v) is 5.72. The van der Waals surface area contributed by atoms with Gasteiger partial charge in [-0.2, -0.15) is 0 Å². The van der Waals surface area contributed by atoms with Crippen LogP contribution in [0.2, 0.25) is 0 Å². The highest BCUT2D eigenvalue weighted by molar-refractivity contribution is 5.97. The van der Waals surface area contributed by atoms with E-state index in [1.54, 1.807) is 13.3 Å². The molecule has 0 radical (unpaired) electrons. The number of aromatic amines is 2. The van der Waals surface area contributed by atoms with Gasteiger partial charge in [0.05, 0.1) is 31.1 Å². The minimum absolute atomic E-state index is 0.408. The smallest absolute Gasteiger partial charge is 0.142 e. The van der Waals surface area contributed by atoms with E-state index < -0.39 is 0 Å². The Kier molecular flexibility index (Phi) is 2.53. The summed E-state index contributed by atoms with van der Waals surface area (Å²) < 4.78 is 5.33. The van der Waals surface area contributed by atoms with E-state index in [2.05, 4.69) is 15.0 Å². The molecule has 0 fully saturated rings. The van der Waals surface area contributed by atoms with E-state index in [9.17, 15) is 0 Å². The molecule has 4 N–H and O–H groups in total. The van der Waals surface area contributed by atoms with Gasteiger partial charge in [-0.05, 0) is 6.07 Å². The van der Waals surface area contributed by atoms with Gasteiger partial charge in [-0.25, -0.2) is 4.98 Å². The first-order valence-electron chi connectivity index (χ1n) is 5.72. The van der Waals surface area contributed by atoms with Crippen molar-refractivity contribution in [3.63, 3.8) is 0 Å². The number of nitrogens with one attached hydrogen (secondary N) is 2. The lowest BCUT2D eigenvalue weighted by Gasteiger charge is -2.01. The van der Waals surface area contributed by atoms with Crippen LogP contribution in [-0.4, -0.2) is 22.1 Å². The molecule has 92 valence electrons. The molecular weight excluding hydrogens is 228 g/mol. The van der Waals surface area contributed by atoms with Crippen molar-refractivity contribution in [2.24, 2.45) is 5.73 Å². The number of hydrogen-bond donors (Lipinski definition) is 3. The monoisotopic (exact) mass is 242 g/mol. The number of rotatable bonds is 3. The number of benzene rings is 1. The summed E-state index contributed by atoms with van der Waals surface area (Å²) in [5, 5.41) is 1.10. The van der Waals surface area contributed by atoms with Crippen LogP contribution in [0.25, 0.3) is 22.2 Å². The molecule has 0 saturated carbocycles. The Hall–Kier alpha value is -2.27. The van der Waals surface area contributed by atoms with Gasteiger partial charge in [-0.3, -0.25) is 0 Å². The number of fused-ring (bicyclic) bond motifs is 1. The molecule has 3 aromatic rings. The Morgan fingerprint density at radius 1 is 1.39 bits per heavy atom. The summed E-state index contributed by atoms with van der Waals surface area (Å²) in [5.41, 5.74) is 8.56. The zero-order valence-corrected chi connectivity index (χ0v) is 10.0. The van der Waals surface area contributed by atoms with Crippen LogP contribution in [0.3, 0.4) is 0 Å². The molecule has 2 aromatic heterocycles. The van der Waals surface area contributed by atoms with Crippen molar-refractivity contribution in [1.82, 2.24) is 15.0 Å². The molecule has 0 saturated heterocycles. The Bertz CT molecular complexity index is 683. The van der Waals surface area contributed by atoms with E-state index in [0.717, 1.165) is 33.7 Å². The van der Waals surface area contributed by atoms with Gasteiger partial charge in [-0.15, -0.1) is 0 Å². The van der Waals surface area contributed by atoms with Crippen LogP contribution in [0.5, 0.6) is 5.75 Å². The van der Waals surface area contributed by atoms with Gasteiger partial charge in [0.1, 0.15) is 11.6 Å². The van der Waals surface area contributed by atoms with Gasteiger partial charge in [-0.1, -0.05) is 12.1 Å². The molecule has 0 bridgehead atoms. The molecule has 0 spiro atoms. The lowest BCUT2D eigenvalue weighted by molar-refractivity contribution is 0.419. The van der Waals surface area contributed by atoms with Gasteiger partial charge >= 0.3 is 0 Å². The quantitative estimate of drug-likeness (QED) is 0.657. The zero-order chi connectivity index (χ0) is 12.5. The summed E-state index contributed by atoms with van der Waals surface area (Å²) in [6.07, 6.45) is 3.74. The van der Waals surface area contributed by atoms with Crippen LogP contribution in [0.15, 0.2) is 30.6 Å². The van der Waals surface area contributed by atoms with Crippen molar-refractivity contribution in [3.8, 4) is 17.0 Å². The number of aromatic nitrogens is 3. The molecule has 3 rings (SSSR count). The number of methoxy groups -OCH3 is 1. The highest BCUT2D eigenvalue weighted by Gasteiger charge is 2.11. The molecule has 0 unspecified atom stereocenters. The second kappa shape index (κ2) is 4.19. The fourth-order valence-electron chi connectivity index (χ4n) is 2.12. The summed E-state index contributed by atoms with van der Waals surface area (Å²) in [5.74, 6) is 1.61. The lowest BCUT2D eigenvalue weighted by Crippen LogP contribution is -1.97. The van der Waals surface area contributed by atoms with Crippen molar-refractivity contribution in [1.29, 1.82) is 0 Å². The van der Waals surface area contributed by atoms with E-state index in [4.69, 9.17) is 10.5 Å². The first kappa shape index (κ1) is 10.9. The fourth-order valence-corrected chi connectivity index (χ4v) is 2.12. The Labute approximate surface area is 104 Å². The second-order valence-corrected chi connectivity index (χ2v) is 4.03. The van der Waals surface area contributed by atoms with E-state index >= 15 is 0 Å². The van der Waals surface area contributed by atoms with Crippen LogP contribution < -0.4 is 10.5 Å². The molecule has 5 heteroatoms. The fraction of sp³-hybridized carbons (Fsp3) is 0.154. The van der Waals surface area contributed by atoms with Crippen molar-refractivity contribution in [3.05, 3.63) is 36.4 Å². The number of H-pyrrole nitrogens is 2. The number of para-hydroxylation sites is 1. The predicted octanol–water partition coefficient (Wildman–Crippen LogP) is 2.03. The highest BCUT2D eigenvalue weighted by atomic mass is 16.5. The molecule has 0 aliphatic carbocycles. The number of hydrogen-bond acceptors (Lipinski definition) is 3. The molecule has 0 aliphatic heterocycles. The third-order valence-corrected chi connectivity index (χ3v) is 3.01. The van der Waals surface area contributed by atoms with Crippen molar-refractivity contribution >= 4 is 10.9 Å². The van der Waals surface area contributed by atoms with E-state index in [0.29, 0.717) is 6.54 Å². The summed E-state index contributed by atoms with van der Waals surface area (Å²) in [6, 6.07) is 5.95.